The fourth-order valence-corrected chi connectivity index (χ4v) is 3.51. The summed E-state index contributed by atoms with van der Waals surface area (Å²) < 4.78 is 23.5. The van der Waals surface area contributed by atoms with E-state index in [-0.39, 0.29) is 10.9 Å². The first kappa shape index (κ1) is 14.1. The lowest BCUT2D eigenvalue weighted by molar-refractivity contribution is 0.373. The average Bonchev–Trinajstić information content (AvgIpc) is 2.43. The minimum Gasteiger partial charge on any atom is -0.366 e. The first-order chi connectivity index (χ1) is 10.0. The predicted octanol–water partition coefficient (Wildman–Crippen LogP) is 2.84. The van der Waals surface area contributed by atoms with Crippen LogP contribution < -0.4 is 5.32 Å². The molecular formula is C16H18N2O2S. The number of hydrogen-bond acceptors (Lipinski definition) is 4. The van der Waals surface area contributed by atoms with Crippen molar-refractivity contribution in [1.82, 2.24) is 4.98 Å². The third-order valence-electron chi connectivity index (χ3n) is 3.92. The number of sulfone groups is 1. The molecule has 1 saturated carbocycles. The smallest absolute Gasteiger partial charge is 0.179 e. The van der Waals surface area contributed by atoms with Gasteiger partial charge in [-0.2, -0.15) is 0 Å². The highest BCUT2D eigenvalue weighted by Crippen LogP contribution is 2.38. The van der Waals surface area contributed by atoms with Gasteiger partial charge in [-0.15, -0.1) is 0 Å². The second-order valence-electron chi connectivity index (χ2n) is 5.54. The summed E-state index contributed by atoms with van der Waals surface area (Å²) in [7, 11) is -3.25. The molecule has 1 aromatic carbocycles. The first-order valence-electron chi connectivity index (χ1n) is 7.00. The summed E-state index contributed by atoms with van der Waals surface area (Å²) in [5, 5.41) is 3.26. The molecule has 0 unspecified atom stereocenters. The van der Waals surface area contributed by atoms with E-state index in [2.05, 4.69) is 34.6 Å². The molecule has 1 aliphatic carbocycles. The van der Waals surface area contributed by atoms with Crippen molar-refractivity contribution >= 4 is 15.7 Å². The topological polar surface area (TPSA) is 59.1 Å². The normalized spacial score (nSPS) is 21.6. The Hall–Kier alpha value is -1.88. The van der Waals surface area contributed by atoms with Crippen LogP contribution >= 0.6 is 0 Å². The Morgan fingerprint density at radius 2 is 1.81 bits per heavy atom. The van der Waals surface area contributed by atoms with Gasteiger partial charge in [-0.05, 0) is 36.5 Å². The number of anilines is 1. The standard InChI is InChI=1S/C16H18N2O2S/c1-21(19,20)15-8-5-9-17-16(15)18-14-10-13(11-14)12-6-3-2-4-7-12/h2-9,13-14H,10-11H2,1H3,(H,17,18). The van der Waals surface area contributed by atoms with E-state index in [0.29, 0.717) is 11.7 Å². The molecule has 5 heteroatoms. The van der Waals surface area contributed by atoms with Crippen LogP contribution in [0.4, 0.5) is 5.82 Å². The summed E-state index contributed by atoms with van der Waals surface area (Å²) in [6.07, 6.45) is 4.83. The molecule has 0 saturated heterocycles. The summed E-state index contributed by atoms with van der Waals surface area (Å²) in [6.45, 7) is 0. The molecule has 1 N–H and O–H groups in total. The lowest BCUT2D eigenvalue weighted by atomic mass is 9.76. The van der Waals surface area contributed by atoms with Crippen molar-refractivity contribution in [3.05, 3.63) is 54.2 Å². The highest BCUT2D eigenvalue weighted by molar-refractivity contribution is 7.90. The van der Waals surface area contributed by atoms with E-state index in [0.717, 1.165) is 12.8 Å². The van der Waals surface area contributed by atoms with Crippen molar-refractivity contribution in [2.75, 3.05) is 11.6 Å². The third kappa shape index (κ3) is 3.08. The van der Waals surface area contributed by atoms with E-state index < -0.39 is 9.84 Å². The van der Waals surface area contributed by atoms with Gasteiger partial charge in [0.1, 0.15) is 10.7 Å². The minimum atomic E-state index is -3.25. The summed E-state index contributed by atoms with van der Waals surface area (Å²) in [4.78, 5) is 4.45. The second-order valence-corrected chi connectivity index (χ2v) is 7.53. The molecule has 21 heavy (non-hydrogen) atoms. The van der Waals surface area contributed by atoms with Crippen LogP contribution in [-0.2, 0) is 9.84 Å². The Balaban J connectivity index is 1.68. The second kappa shape index (κ2) is 5.48. The van der Waals surface area contributed by atoms with E-state index >= 15 is 0 Å². The monoisotopic (exact) mass is 302 g/mol. The molecule has 1 heterocycles. The number of rotatable bonds is 4. The number of nitrogens with zero attached hydrogens (tertiary/aromatic N) is 1. The summed E-state index contributed by atoms with van der Waals surface area (Å²) in [5.41, 5.74) is 1.35. The van der Waals surface area contributed by atoms with Crippen LogP contribution in [-0.4, -0.2) is 25.7 Å². The van der Waals surface area contributed by atoms with Gasteiger partial charge in [0.05, 0.1) is 0 Å². The molecule has 2 aromatic rings. The number of benzene rings is 1. The summed E-state index contributed by atoms with van der Waals surface area (Å²) in [6, 6.07) is 13.9. The van der Waals surface area contributed by atoms with E-state index in [9.17, 15) is 8.42 Å². The van der Waals surface area contributed by atoms with Crippen LogP contribution in [0.15, 0.2) is 53.6 Å². The van der Waals surface area contributed by atoms with Crippen LogP contribution in [0.5, 0.6) is 0 Å². The van der Waals surface area contributed by atoms with Crippen LogP contribution in [0, 0.1) is 0 Å². The van der Waals surface area contributed by atoms with Gasteiger partial charge < -0.3 is 5.32 Å². The van der Waals surface area contributed by atoms with Gasteiger partial charge in [0.25, 0.3) is 0 Å². The van der Waals surface area contributed by atoms with Crippen LogP contribution in [0.25, 0.3) is 0 Å². The summed E-state index contributed by atoms with van der Waals surface area (Å²) in [5.74, 6) is 1.02. The highest BCUT2D eigenvalue weighted by atomic mass is 32.2. The van der Waals surface area contributed by atoms with Crippen molar-refractivity contribution in [1.29, 1.82) is 0 Å². The lowest BCUT2D eigenvalue weighted by Crippen LogP contribution is -2.34. The van der Waals surface area contributed by atoms with Gasteiger partial charge in [0.15, 0.2) is 9.84 Å². The zero-order valence-corrected chi connectivity index (χ0v) is 12.7. The van der Waals surface area contributed by atoms with E-state index in [1.54, 1.807) is 18.3 Å². The maximum Gasteiger partial charge on any atom is 0.179 e. The Labute approximate surface area is 125 Å². The fourth-order valence-electron chi connectivity index (χ4n) is 2.72. The zero-order chi connectivity index (χ0) is 14.9. The third-order valence-corrected chi connectivity index (χ3v) is 5.05. The minimum absolute atomic E-state index is 0.271. The Bertz CT molecular complexity index is 723. The van der Waals surface area contributed by atoms with Gasteiger partial charge in [-0.1, -0.05) is 30.3 Å². The number of nitrogens with one attached hydrogen (secondary N) is 1. The number of pyridine rings is 1. The van der Waals surface area contributed by atoms with Crippen LogP contribution in [0.1, 0.15) is 24.3 Å². The quantitative estimate of drug-likeness (QED) is 0.943. The van der Waals surface area contributed by atoms with E-state index in [4.69, 9.17) is 0 Å². The number of aromatic nitrogens is 1. The van der Waals surface area contributed by atoms with Crippen molar-refractivity contribution in [3.63, 3.8) is 0 Å². The Morgan fingerprint density at radius 1 is 1.10 bits per heavy atom. The molecule has 0 bridgehead atoms. The molecule has 0 aliphatic heterocycles. The molecule has 1 fully saturated rings. The predicted molar refractivity (Wildman–Crippen MR) is 83.2 cm³/mol. The molecule has 110 valence electrons. The van der Waals surface area contributed by atoms with E-state index in [1.807, 2.05) is 6.07 Å². The van der Waals surface area contributed by atoms with E-state index in [1.165, 1.54) is 11.8 Å². The van der Waals surface area contributed by atoms with Crippen LogP contribution in [0.3, 0.4) is 0 Å². The molecule has 4 nitrogen and oxygen atoms in total. The summed E-state index contributed by atoms with van der Waals surface area (Å²) >= 11 is 0. The molecule has 1 aromatic heterocycles. The SMILES string of the molecule is CS(=O)(=O)c1cccnc1NC1CC(c2ccccc2)C1. The maximum absolute atomic E-state index is 11.7. The first-order valence-corrected chi connectivity index (χ1v) is 8.90. The van der Waals surface area contributed by atoms with Gasteiger partial charge >= 0.3 is 0 Å². The van der Waals surface area contributed by atoms with Crippen molar-refractivity contribution in [2.24, 2.45) is 0 Å². The molecule has 0 amide bonds. The molecular weight excluding hydrogens is 284 g/mol. The Morgan fingerprint density at radius 3 is 2.48 bits per heavy atom. The zero-order valence-electron chi connectivity index (χ0n) is 11.9. The van der Waals surface area contributed by atoms with Crippen molar-refractivity contribution < 1.29 is 8.42 Å². The van der Waals surface area contributed by atoms with Gasteiger partial charge in [0.2, 0.25) is 0 Å². The molecule has 1 aliphatic rings. The average molecular weight is 302 g/mol. The lowest BCUT2D eigenvalue weighted by Gasteiger charge is -2.36. The largest absolute Gasteiger partial charge is 0.366 e. The fraction of sp³-hybridized carbons (Fsp3) is 0.312. The van der Waals surface area contributed by atoms with Crippen molar-refractivity contribution in [2.45, 2.75) is 29.7 Å². The number of hydrogen-bond donors (Lipinski definition) is 1. The van der Waals surface area contributed by atoms with Gasteiger partial charge in [-0.3, -0.25) is 0 Å². The highest BCUT2D eigenvalue weighted by Gasteiger charge is 2.31. The Kier molecular flexibility index (Phi) is 3.68. The van der Waals surface area contributed by atoms with Gasteiger partial charge in [-0.25, -0.2) is 13.4 Å². The van der Waals surface area contributed by atoms with Crippen molar-refractivity contribution in [3.8, 4) is 0 Å². The molecule has 0 radical (unpaired) electrons. The molecule has 0 atom stereocenters. The maximum atomic E-state index is 11.7. The van der Waals surface area contributed by atoms with Gasteiger partial charge in [0, 0.05) is 18.5 Å². The molecule has 3 rings (SSSR count). The van der Waals surface area contributed by atoms with Crippen LogP contribution in [0.2, 0.25) is 0 Å². The molecule has 0 spiro atoms.